The van der Waals surface area contributed by atoms with Crippen molar-refractivity contribution in [3.05, 3.63) is 28.3 Å². The summed E-state index contributed by atoms with van der Waals surface area (Å²) >= 11 is 6.31. The van der Waals surface area contributed by atoms with Gasteiger partial charge in [0.15, 0.2) is 12.0 Å². The molecule has 1 aliphatic rings. The second-order valence-corrected chi connectivity index (χ2v) is 5.69. The normalized spacial score (nSPS) is 35.4. The number of hydrogen-bond acceptors (Lipinski definition) is 8. The van der Waals surface area contributed by atoms with Crippen LogP contribution >= 0.6 is 11.6 Å². The van der Waals surface area contributed by atoms with E-state index in [9.17, 15) is 10.2 Å². The molecule has 4 atom stereocenters. The van der Waals surface area contributed by atoms with E-state index >= 15 is 0 Å². The highest BCUT2D eigenvalue weighted by Gasteiger charge is 2.61. The molecule has 0 aromatic carbocycles. The summed E-state index contributed by atoms with van der Waals surface area (Å²) in [6.07, 6.45) is -1.32. The van der Waals surface area contributed by atoms with Gasteiger partial charge in [-0.15, -0.1) is 11.6 Å². The Morgan fingerprint density at radius 3 is 2.91 bits per heavy atom. The summed E-state index contributed by atoms with van der Waals surface area (Å²) in [5.41, 5.74) is 11.9. The van der Waals surface area contributed by atoms with Crippen LogP contribution in [0.5, 0.6) is 0 Å². The standard InChI is InChI=1S/C10H14ClN7O4/c1-9(11)6(20)10(4-19,16-17-13)22-7(9)18-3-2-5(12)14-8(18)15-21/h2-3,6-7,19-21H,4H2,1H3,(H2,12,14,15)/t6-,7+,9+,10+/m0/s1. The van der Waals surface area contributed by atoms with Crippen LogP contribution in [0.3, 0.4) is 0 Å². The van der Waals surface area contributed by atoms with Gasteiger partial charge in [-0.2, -0.15) is 4.98 Å². The quantitative estimate of drug-likeness (QED) is 0.147. The van der Waals surface area contributed by atoms with Crippen molar-refractivity contribution in [1.29, 1.82) is 0 Å². The molecule has 12 heteroatoms. The van der Waals surface area contributed by atoms with Gasteiger partial charge in [-0.3, -0.25) is 4.57 Å². The maximum atomic E-state index is 10.3. The van der Waals surface area contributed by atoms with E-state index in [1.165, 1.54) is 23.8 Å². The molecule has 1 saturated heterocycles. The van der Waals surface area contributed by atoms with E-state index in [4.69, 9.17) is 32.8 Å². The predicted octanol–water partition coefficient (Wildman–Crippen LogP) is -0.359. The van der Waals surface area contributed by atoms with Crippen LogP contribution in [-0.2, 0) is 4.74 Å². The van der Waals surface area contributed by atoms with Crippen molar-refractivity contribution in [2.45, 2.75) is 29.9 Å². The molecule has 1 fully saturated rings. The van der Waals surface area contributed by atoms with Crippen LogP contribution in [0.1, 0.15) is 13.2 Å². The van der Waals surface area contributed by atoms with Crippen LogP contribution in [0, 0.1) is 0 Å². The number of hydrogen-bond donors (Lipinski definition) is 4. The summed E-state index contributed by atoms with van der Waals surface area (Å²) in [6, 6.07) is 1.39. The molecular weight excluding hydrogens is 318 g/mol. The molecular formula is C10H14ClN7O4. The minimum Gasteiger partial charge on any atom is -0.408 e. The molecule has 120 valence electrons. The Kier molecular flexibility index (Phi) is 4.18. The third kappa shape index (κ3) is 2.34. The lowest BCUT2D eigenvalue weighted by atomic mass is 9.97. The number of rotatable bonds is 3. The summed E-state index contributed by atoms with van der Waals surface area (Å²) in [6.45, 7) is 0.615. The molecule has 2 rings (SSSR count). The van der Waals surface area contributed by atoms with Gasteiger partial charge in [0.25, 0.3) is 5.62 Å². The van der Waals surface area contributed by atoms with E-state index in [0.29, 0.717) is 0 Å². The lowest BCUT2D eigenvalue weighted by Gasteiger charge is -2.27. The van der Waals surface area contributed by atoms with E-state index in [0.717, 1.165) is 0 Å². The highest BCUT2D eigenvalue weighted by Crippen LogP contribution is 2.48. The molecule has 1 aromatic rings. The summed E-state index contributed by atoms with van der Waals surface area (Å²) in [5.74, 6) is 0.0855. The van der Waals surface area contributed by atoms with Crippen LogP contribution < -0.4 is 11.4 Å². The van der Waals surface area contributed by atoms with Gasteiger partial charge < -0.3 is 25.9 Å². The average molecular weight is 332 g/mol. The van der Waals surface area contributed by atoms with Crippen LogP contribution in [0.25, 0.3) is 10.4 Å². The summed E-state index contributed by atoms with van der Waals surface area (Å²) < 4.78 is 6.68. The lowest BCUT2D eigenvalue weighted by Crippen LogP contribution is -2.47. The van der Waals surface area contributed by atoms with Gasteiger partial charge in [0, 0.05) is 11.1 Å². The zero-order chi connectivity index (χ0) is 16.5. The van der Waals surface area contributed by atoms with Crippen molar-refractivity contribution < 1.29 is 20.2 Å². The Morgan fingerprint density at radius 2 is 2.36 bits per heavy atom. The predicted molar refractivity (Wildman–Crippen MR) is 73.3 cm³/mol. The second kappa shape index (κ2) is 5.63. The van der Waals surface area contributed by atoms with Crippen molar-refractivity contribution in [1.82, 2.24) is 9.55 Å². The molecule has 0 spiro atoms. The molecule has 5 N–H and O–H groups in total. The molecule has 1 aliphatic heterocycles. The van der Waals surface area contributed by atoms with E-state index in [-0.39, 0.29) is 11.4 Å². The monoisotopic (exact) mass is 331 g/mol. The van der Waals surface area contributed by atoms with Gasteiger partial charge in [-0.05, 0) is 23.7 Å². The highest BCUT2D eigenvalue weighted by atomic mass is 35.5. The Morgan fingerprint density at radius 1 is 1.68 bits per heavy atom. The molecule has 22 heavy (non-hydrogen) atoms. The first-order valence-corrected chi connectivity index (χ1v) is 6.45. The first-order valence-electron chi connectivity index (χ1n) is 6.07. The Bertz CT molecular complexity index is 686. The van der Waals surface area contributed by atoms with E-state index < -0.39 is 29.5 Å². The SMILES string of the molecule is C[C@]1(Cl)[C@H](n2ccc(N)n/c2=N\O)O[C@@](CO)(N=[N+]=[N-])[C@H]1O. The fourth-order valence-corrected chi connectivity index (χ4v) is 2.60. The van der Waals surface area contributed by atoms with Crippen molar-refractivity contribution in [3.63, 3.8) is 0 Å². The topological polar surface area (TPSA) is 175 Å². The molecule has 0 unspecified atom stereocenters. The summed E-state index contributed by atoms with van der Waals surface area (Å²) in [7, 11) is 0. The van der Waals surface area contributed by atoms with Gasteiger partial charge in [-0.1, -0.05) is 5.11 Å². The largest absolute Gasteiger partial charge is 0.408 e. The van der Waals surface area contributed by atoms with E-state index in [2.05, 4.69) is 20.2 Å². The van der Waals surface area contributed by atoms with E-state index in [1.54, 1.807) is 0 Å². The number of aromatic nitrogens is 2. The van der Waals surface area contributed by atoms with Gasteiger partial charge in [0.2, 0.25) is 0 Å². The third-order valence-electron chi connectivity index (χ3n) is 3.41. The van der Waals surface area contributed by atoms with Crippen molar-refractivity contribution in [2.24, 2.45) is 10.3 Å². The highest BCUT2D eigenvalue weighted by molar-refractivity contribution is 6.24. The van der Waals surface area contributed by atoms with E-state index in [1.807, 2.05) is 0 Å². The smallest absolute Gasteiger partial charge is 0.270 e. The summed E-state index contributed by atoms with van der Waals surface area (Å²) in [4.78, 5) is 4.83. The van der Waals surface area contributed by atoms with Crippen molar-refractivity contribution in [3.8, 4) is 0 Å². The fraction of sp³-hybridized carbons (Fsp3) is 0.600. The van der Waals surface area contributed by atoms with Crippen molar-refractivity contribution >= 4 is 17.4 Å². The molecule has 0 aliphatic carbocycles. The molecule has 0 bridgehead atoms. The Balaban J connectivity index is 2.60. The maximum absolute atomic E-state index is 10.3. The number of nitrogens with zero attached hydrogens (tertiary/aromatic N) is 6. The lowest BCUT2D eigenvalue weighted by molar-refractivity contribution is -0.124. The number of alkyl halides is 1. The maximum Gasteiger partial charge on any atom is 0.270 e. The van der Waals surface area contributed by atoms with Crippen LogP contribution in [-0.4, -0.2) is 48.3 Å². The first kappa shape index (κ1) is 16.3. The molecule has 1 aromatic heterocycles. The molecule has 0 amide bonds. The van der Waals surface area contributed by atoms with Crippen molar-refractivity contribution in [2.75, 3.05) is 12.3 Å². The number of azide groups is 1. The number of ether oxygens (including phenoxy) is 1. The summed E-state index contributed by atoms with van der Waals surface area (Å²) in [5, 5.41) is 35.1. The zero-order valence-electron chi connectivity index (χ0n) is 11.4. The molecule has 2 heterocycles. The third-order valence-corrected chi connectivity index (χ3v) is 3.80. The molecule has 11 nitrogen and oxygen atoms in total. The molecule has 0 saturated carbocycles. The number of anilines is 1. The second-order valence-electron chi connectivity index (χ2n) is 4.88. The van der Waals surface area contributed by atoms with Gasteiger partial charge in [0.1, 0.15) is 16.8 Å². The first-order chi connectivity index (χ1) is 10.3. The van der Waals surface area contributed by atoms with Crippen LogP contribution in [0.2, 0.25) is 0 Å². The fourth-order valence-electron chi connectivity index (χ4n) is 2.28. The Hall–Kier alpha value is -2.04. The van der Waals surface area contributed by atoms with Crippen LogP contribution in [0.15, 0.2) is 22.5 Å². The number of nitrogen functional groups attached to an aromatic ring is 1. The van der Waals surface area contributed by atoms with Gasteiger partial charge in [0.05, 0.1) is 6.61 Å². The minimum atomic E-state index is -1.98. The molecule has 0 radical (unpaired) electrons. The number of halogens is 1. The number of aliphatic hydroxyl groups excluding tert-OH is 2. The Labute approximate surface area is 128 Å². The van der Waals surface area contributed by atoms with Gasteiger partial charge >= 0.3 is 0 Å². The number of nitrogens with two attached hydrogens (primary N) is 1. The van der Waals surface area contributed by atoms with Gasteiger partial charge in [-0.25, -0.2) is 0 Å². The van der Waals surface area contributed by atoms with Crippen LogP contribution in [0.4, 0.5) is 5.82 Å². The zero-order valence-corrected chi connectivity index (χ0v) is 12.2. The number of aliphatic hydroxyl groups is 2. The average Bonchev–Trinajstić information content (AvgIpc) is 2.69. The minimum absolute atomic E-state index is 0.0855.